The molecular weight excluding hydrogens is 262 g/mol. The maximum Gasteiger partial charge on any atom is 0.332 e. The Morgan fingerprint density at radius 2 is 2.10 bits per heavy atom. The number of anilines is 2. The van der Waals surface area contributed by atoms with Gasteiger partial charge >= 0.3 is 5.69 Å². The summed E-state index contributed by atoms with van der Waals surface area (Å²) in [5.41, 5.74) is 0.223. The third-order valence-corrected chi connectivity index (χ3v) is 2.65. The van der Waals surface area contributed by atoms with E-state index in [1.54, 1.807) is 14.0 Å². The summed E-state index contributed by atoms with van der Waals surface area (Å²) in [6.45, 7) is 5.32. The van der Waals surface area contributed by atoms with Crippen LogP contribution in [-0.2, 0) is 4.74 Å². The molecule has 0 atom stereocenters. The van der Waals surface area contributed by atoms with Crippen LogP contribution in [0.5, 0.6) is 0 Å². The average Bonchev–Trinajstić information content (AvgIpc) is 2.41. The summed E-state index contributed by atoms with van der Waals surface area (Å²) < 4.78 is 5.39. The molecule has 1 aromatic heterocycles. The summed E-state index contributed by atoms with van der Waals surface area (Å²) in [5.74, 6) is 0.563. The van der Waals surface area contributed by atoms with Crippen LogP contribution in [0.2, 0.25) is 0 Å². The van der Waals surface area contributed by atoms with Crippen molar-refractivity contribution in [3.8, 4) is 0 Å². The van der Waals surface area contributed by atoms with Crippen molar-refractivity contribution in [1.29, 1.82) is 0 Å². The Hall–Kier alpha value is -1.96. The van der Waals surface area contributed by atoms with Crippen LogP contribution in [0.15, 0.2) is 0 Å². The quantitative estimate of drug-likeness (QED) is 0.405. The lowest BCUT2D eigenvalue weighted by molar-refractivity contribution is -0.385. The normalized spacial score (nSPS) is 10.3. The van der Waals surface area contributed by atoms with E-state index in [0.29, 0.717) is 31.4 Å². The van der Waals surface area contributed by atoms with E-state index in [2.05, 4.69) is 27.5 Å². The molecule has 112 valence electrons. The van der Waals surface area contributed by atoms with E-state index in [-0.39, 0.29) is 11.5 Å². The molecule has 0 spiro atoms. The minimum atomic E-state index is -0.477. The first-order chi connectivity index (χ1) is 9.60. The molecule has 0 fully saturated rings. The van der Waals surface area contributed by atoms with Gasteiger partial charge in [0, 0.05) is 20.2 Å². The second-order valence-electron chi connectivity index (χ2n) is 4.23. The zero-order chi connectivity index (χ0) is 15.0. The van der Waals surface area contributed by atoms with Crippen LogP contribution in [0.4, 0.5) is 17.5 Å². The van der Waals surface area contributed by atoms with Gasteiger partial charge in [-0.1, -0.05) is 13.3 Å². The number of nitrogens with zero attached hydrogens (tertiary/aromatic N) is 3. The molecule has 0 aromatic carbocycles. The van der Waals surface area contributed by atoms with E-state index < -0.39 is 4.92 Å². The minimum Gasteiger partial charge on any atom is -0.380 e. The number of nitro groups is 1. The Bertz CT molecular complexity index is 453. The van der Waals surface area contributed by atoms with Gasteiger partial charge in [0.05, 0.1) is 11.5 Å². The molecule has 0 aliphatic rings. The van der Waals surface area contributed by atoms with Crippen LogP contribution < -0.4 is 10.6 Å². The van der Waals surface area contributed by atoms with Gasteiger partial charge in [-0.25, -0.2) is 4.98 Å². The van der Waals surface area contributed by atoms with Gasteiger partial charge in [-0.15, -0.1) is 0 Å². The van der Waals surface area contributed by atoms with Crippen molar-refractivity contribution in [3.05, 3.63) is 15.8 Å². The lowest BCUT2D eigenvalue weighted by atomic mass is 10.3. The van der Waals surface area contributed by atoms with Gasteiger partial charge in [0.2, 0.25) is 11.8 Å². The molecule has 0 saturated carbocycles. The van der Waals surface area contributed by atoms with Crippen molar-refractivity contribution in [3.63, 3.8) is 0 Å². The van der Waals surface area contributed by atoms with Crippen LogP contribution in [0.1, 0.15) is 25.5 Å². The first kappa shape index (κ1) is 16.1. The van der Waals surface area contributed by atoms with E-state index in [1.165, 1.54) is 0 Å². The van der Waals surface area contributed by atoms with Crippen molar-refractivity contribution in [2.24, 2.45) is 0 Å². The third-order valence-electron chi connectivity index (χ3n) is 2.65. The number of rotatable bonds is 9. The molecule has 20 heavy (non-hydrogen) atoms. The average molecular weight is 283 g/mol. The van der Waals surface area contributed by atoms with E-state index >= 15 is 0 Å². The van der Waals surface area contributed by atoms with Gasteiger partial charge in [-0.2, -0.15) is 4.98 Å². The van der Waals surface area contributed by atoms with E-state index in [1.807, 2.05) is 0 Å². The first-order valence-corrected chi connectivity index (χ1v) is 6.62. The Labute approximate surface area is 118 Å². The van der Waals surface area contributed by atoms with Crippen LogP contribution >= 0.6 is 0 Å². The Morgan fingerprint density at radius 3 is 2.70 bits per heavy atom. The van der Waals surface area contributed by atoms with Crippen LogP contribution in [0.3, 0.4) is 0 Å². The molecule has 0 unspecified atom stereocenters. The van der Waals surface area contributed by atoms with Crippen molar-refractivity contribution in [2.75, 3.05) is 37.4 Å². The highest BCUT2D eigenvalue weighted by molar-refractivity contribution is 5.60. The predicted octanol–water partition coefficient (Wildman–Crippen LogP) is 1.96. The van der Waals surface area contributed by atoms with Gasteiger partial charge in [0.25, 0.3) is 0 Å². The summed E-state index contributed by atoms with van der Waals surface area (Å²) in [6, 6.07) is 0. The molecule has 0 radical (unpaired) electrons. The van der Waals surface area contributed by atoms with Crippen molar-refractivity contribution >= 4 is 17.5 Å². The van der Waals surface area contributed by atoms with Gasteiger partial charge in [-0.3, -0.25) is 10.1 Å². The summed E-state index contributed by atoms with van der Waals surface area (Å²) in [4.78, 5) is 18.7. The number of aryl methyl sites for hydroxylation is 1. The maximum absolute atomic E-state index is 11.1. The molecule has 0 aliphatic heterocycles. The Morgan fingerprint density at radius 1 is 1.35 bits per heavy atom. The highest BCUT2D eigenvalue weighted by Crippen LogP contribution is 2.26. The number of hydrogen-bond acceptors (Lipinski definition) is 7. The fourth-order valence-corrected chi connectivity index (χ4v) is 1.61. The highest BCUT2D eigenvalue weighted by atomic mass is 16.6. The number of nitrogens with one attached hydrogen (secondary N) is 2. The van der Waals surface area contributed by atoms with Gasteiger partial charge in [0.1, 0.15) is 5.69 Å². The van der Waals surface area contributed by atoms with Crippen molar-refractivity contribution in [2.45, 2.75) is 26.7 Å². The lowest BCUT2D eigenvalue weighted by Crippen LogP contribution is -2.14. The van der Waals surface area contributed by atoms with Crippen LogP contribution in [0.25, 0.3) is 0 Å². The summed E-state index contributed by atoms with van der Waals surface area (Å²) >= 11 is 0. The molecule has 2 N–H and O–H groups in total. The maximum atomic E-state index is 11.1. The fourth-order valence-electron chi connectivity index (χ4n) is 1.61. The second-order valence-corrected chi connectivity index (χ2v) is 4.23. The van der Waals surface area contributed by atoms with E-state index in [9.17, 15) is 10.1 Å². The molecule has 1 aromatic rings. The van der Waals surface area contributed by atoms with Gasteiger partial charge < -0.3 is 15.4 Å². The van der Waals surface area contributed by atoms with Crippen molar-refractivity contribution < 1.29 is 9.66 Å². The summed E-state index contributed by atoms with van der Waals surface area (Å²) in [5, 5.41) is 16.8. The Balaban J connectivity index is 2.67. The molecule has 1 rings (SSSR count). The third kappa shape index (κ3) is 4.61. The predicted molar refractivity (Wildman–Crippen MR) is 77.2 cm³/mol. The van der Waals surface area contributed by atoms with Gasteiger partial charge in [-0.05, 0) is 13.3 Å². The molecule has 0 aliphatic carbocycles. The smallest absolute Gasteiger partial charge is 0.332 e. The zero-order valence-electron chi connectivity index (χ0n) is 12.1. The van der Waals surface area contributed by atoms with Gasteiger partial charge in [0.15, 0.2) is 0 Å². The number of ether oxygens (including phenoxy) is 1. The van der Waals surface area contributed by atoms with Crippen LogP contribution in [-0.4, -0.2) is 41.7 Å². The van der Waals surface area contributed by atoms with Crippen LogP contribution in [0, 0.1) is 17.0 Å². The fraction of sp³-hybridized carbons (Fsp3) is 0.667. The topological polar surface area (TPSA) is 102 Å². The first-order valence-electron chi connectivity index (χ1n) is 6.62. The molecule has 0 amide bonds. The molecule has 8 nitrogen and oxygen atoms in total. The number of hydrogen-bond donors (Lipinski definition) is 2. The summed E-state index contributed by atoms with van der Waals surface area (Å²) in [7, 11) is 1.66. The monoisotopic (exact) mass is 283 g/mol. The molecule has 8 heteroatoms. The minimum absolute atomic E-state index is 0.0995. The standard InChI is InChI=1S/C12H21N5O3/c1-4-5-7-20-8-6-14-11-10(17(18)19)9(2)15-12(13-3)16-11/h4-8H2,1-3H3,(H2,13,14,15,16). The second kappa shape index (κ2) is 8.26. The largest absolute Gasteiger partial charge is 0.380 e. The highest BCUT2D eigenvalue weighted by Gasteiger charge is 2.21. The Kier molecular flexibility index (Phi) is 6.65. The number of unbranched alkanes of at least 4 members (excludes halogenated alkanes) is 1. The lowest BCUT2D eigenvalue weighted by Gasteiger charge is -2.09. The molecule has 1 heterocycles. The number of aromatic nitrogens is 2. The van der Waals surface area contributed by atoms with E-state index in [0.717, 1.165) is 12.8 Å². The molecule has 0 saturated heterocycles. The van der Waals surface area contributed by atoms with Crippen molar-refractivity contribution in [1.82, 2.24) is 9.97 Å². The molecular formula is C12H21N5O3. The molecule has 0 bridgehead atoms. The SMILES string of the molecule is CCCCOCCNc1nc(NC)nc(C)c1[N+](=O)[O-]. The summed E-state index contributed by atoms with van der Waals surface area (Å²) in [6.07, 6.45) is 2.09. The van der Waals surface area contributed by atoms with E-state index in [4.69, 9.17) is 4.74 Å². The zero-order valence-corrected chi connectivity index (χ0v) is 12.1.